The van der Waals surface area contributed by atoms with Gasteiger partial charge in [-0.1, -0.05) is 167 Å². The van der Waals surface area contributed by atoms with Crippen molar-refractivity contribution in [2.45, 2.75) is 125 Å². The summed E-state index contributed by atoms with van der Waals surface area (Å²) >= 11 is 0. The van der Waals surface area contributed by atoms with Gasteiger partial charge >= 0.3 is 0 Å². The van der Waals surface area contributed by atoms with Gasteiger partial charge in [0.25, 0.3) is 0 Å². The van der Waals surface area contributed by atoms with Crippen LogP contribution >= 0.6 is 0 Å². The van der Waals surface area contributed by atoms with E-state index >= 15 is 0 Å². The van der Waals surface area contributed by atoms with E-state index in [2.05, 4.69) is 102 Å². The number of hydrogen-bond acceptors (Lipinski definition) is 1. The van der Waals surface area contributed by atoms with Crippen LogP contribution in [0, 0.1) is 22.7 Å². The van der Waals surface area contributed by atoms with Gasteiger partial charge in [0.15, 0.2) is 0 Å². The minimum atomic E-state index is 0.500. The van der Waals surface area contributed by atoms with Gasteiger partial charge in [-0.15, -0.1) is 0 Å². The maximum absolute atomic E-state index is 3.78. The molecular formula is C33H67N. The van der Waals surface area contributed by atoms with E-state index in [1.54, 1.807) is 12.4 Å². The highest BCUT2D eigenvalue weighted by molar-refractivity contribution is 4.99. The number of pyridine rings is 1. The van der Waals surface area contributed by atoms with Crippen LogP contribution in [0.1, 0.15) is 125 Å². The van der Waals surface area contributed by atoms with E-state index in [9.17, 15) is 0 Å². The standard InChI is InChI=1S/C6H6.C5H5N.2C5H12.2C4H10.2C2H6/c2*1-2-4-6-5-3-1;2*1-5(2,3)4;2*1-4(2)3;2*1-2/h1-6H;1-5H;2*1-4H3;2*4H,1-3H3;2*1-2H3. The molecule has 1 aromatic carbocycles. The largest absolute Gasteiger partial charge is 0.265 e. The molecule has 0 bridgehead atoms. The third-order valence-corrected chi connectivity index (χ3v) is 1.23. The lowest BCUT2D eigenvalue weighted by Crippen LogP contribution is -1.93. The SMILES string of the molecule is CC.CC.CC(C)(C)C.CC(C)(C)C.CC(C)C.CC(C)C.c1ccccc1.c1ccncc1. The van der Waals surface area contributed by atoms with Crippen LogP contribution in [0.3, 0.4) is 0 Å². The molecule has 0 atom stereocenters. The van der Waals surface area contributed by atoms with Crippen LogP contribution in [-0.4, -0.2) is 4.98 Å². The fraction of sp³-hybridized carbons (Fsp3) is 0.667. The summed E-state index contributed by atoms with van der Waals surface area (Å²) in [6.07, 6.45) is 3.50. The maximum Gasteiger partial charge on any atom is 0.0267 e. The van der Waals surface area contributed by atoms with Gasteiger partial charge < -0.3 is 0 Å². The number of benzene rings is 1. The number of aromatic nitrogens is 1. The molecular weight excluding hydrogens is 410 g/mol. The fourth-order valence-corrected chi connectivity index (χ4v) is 0.698. The highest BCUT2D eigenvalue weighted by Gasteiger charge is 1.96. The van der Waals surface area contributed by atoms with Gasteiger partial charge in [0.1, 0.15) is 0 Å². The molecule has 1 heteroatoms. The first kappa shape index (κ1) is 45.8. The second-order valence-electron chi connectivity index (χ2n) is 11.6. The highest BCUT2D eigenvalue weighted by atomic mass is 14.6. The fourth-order valence-electron chi connectivity index (χ4n) is 0.698. The van der Waals surface area contributed by atoms with Crippen LogP contribution < -0.4 is 0 Å². The van der Waals surface area contributed by atoms with Crippen LogP contribution in [0.2, 0.25) is 0 Å². The molecule has 0 saturated heterocycles. The van der Waals surface area contributed by atoms with E-state index < -0.39 is 0 Å². The second-order valence-corrected chi connectivity index (χ2v) is 11.6. The van der Waals surface area contributed by atoms with Gasteiger partial charge in [0, 0.05) is 12.4 Å². The smallest absolute Gasteiger partial charge is 0.0267 e. The first-order chi connectivity index (χ1) is 15.5. The van der Waals surface area contributed by atoms with Crippen molar-refractivity contribution in [1.82, 2.24) is 4.98 Å². The Morgan fingerprint density at radius 1 is 0.382 bits per heavy atom. The molecule has 0 aliphatic heterocycles. The van der Waals surface area contributed by atoms with Gasteiger partial charge in [-0.25, -0.2) is 0 Å². The minimum Gasteiger partial charge on any atom is -0.265 e. The highest BCUT2D eigenvalue weighted by Crippen LogP contribution is 2.08. The molecule has 0 N–H and O–H groups in total. The van der Waals surface area contributed by atoms with Gasteiger partial charge in [-0.05, 0) is 34.8 Å². The van der Waals surface area contributed by atoms with E-state index in [0.29, 0.717) is 10.8 Å². The minimum absolute atomic E-state index is 0.500. The maximum atomic E-state index is 3.78. The predicted molar refractivity (Wildman–Crippen MR) is 165 cm³/mol. The monoisotopic (exact) mass is 478 g/mol. The number of nitrogens with zero attached hydrogens (tertiary/aromatic N) is 1. The molecule has 0 fully saturated rings. The van der Waals surface area contributed by atoms with Crippen LogP contribution in [-0.2, 0) is 0 Å². The first-order valence-corrected chi connectivity index (χ1v) is 13.3. The van der Waals surface area contributed by atoms with Gasteiger partial charge in [0.2, 0.25) is 0 Å². The van der Waals surface area contributed by atoms with E-state index in [1.807, 2.05) is 82.3 Å². The lowest BCUT2D eigenvalue weighted by molar-refractivity contribution is 0.469. The second kappa shape index (κ2) is 35.9. The van der Waals surface area contributed by atoms with E-state index in [0.717, 1.165) is 11.8 Å². The molecule has 34 heavy (non-hydrogen) atoms. The van der Waals surface area contributed by atoms with Gasteiger partial charge in [0.05, 0.1) is 0 Å². The zero-order valence-corrected chi connectivity index (χ0v) is 27.0. The third kappa shape index (κ3) is 244. The molecule has 0 amide bonds. The normalized spacial score (nSPS) is 8.82. The Morgan fingerprint density at radius 3 is 0.559 bits per heavy atom. The Balaban J connectivity index is -0.0000000677. The van der Waals surface area contributed by atoms with Crippen molar-refractivity contribution >= 4 is 0 Å². The predicted octanol–water partition coefficient (Wildman–Crippen LogP) is 12.2. The van der Waals surface area contributed by atoms with Gasteiger partial charge in [-0.2, -0.15) is 0 Å². The summed E-state index contributed by atoms with van der Waals surface area (Å²) in [7, 11) is 0. The lowest BCUT2D eigenvalue weighted by atomic mass is 10.0. The molecule has 1 heterocycles. The number of rotatable bonds is 0. The molecule has 2 rings (SSSR count). The third-order valence-electron chi connectivity index (χ3n) is 1.23. The van der Waals surface area contributed by atoms with Crippen LogP contribution in [0.25, 0.3) is 0 Å². The number of hydrogen-bond donors (Lipinski definition) is 0. The summed E-state index contributed by atoms with van der Waals surface area (Å²) in [6, 6.07) is 17.7. The molecule has 0 radical (unpaired) electrons. The van der Waals surface area contributed by atoms with Crippen molar-refractivity contribution in [3.8, 4) is 0 Å². The quantitative estimate of drug-likeness (QED) is 0.367. The zero-order valence-electron chi connectivity index (χ0n) is 27.0. The van der Waals surface area contributed by atoms with Crippen molar-refractivity contribution in [3.05, 3.63) is 67.0 Å². The molecule has 0 saturated carbocycles. The molecule has 1 nitrogen and oxygen atoms in total. The van der Waals surface area contributed by atoms with Crippen molar-refractivity contribution in [3.63, 3.8) is 0 Å². The van der Waals surface area contributed by atoms with Crippen molar-refractivity contribution < 1.29 is 0 Å². The molecule has 0 aliphatic rings. The van der Waals surface area contributed by atoms with Crippen molar-refractivity contribution in [2.75, 3.05) is 0 Å². The van der Waals surface area contributed by atoms with E-state index in [4.69, 9.17) is 0 Å². The molecule has 2 aromatic rings. The summed E-state index contributed by atoms with van der Waals surface area (Å²) in [5.74, 6) is 1.67. The molecule has 1 aromatic heterocycles. The first-order valence-electron chi connectivity index (χ1n) is 13.3. The van der Waals surface area contributed by atoms with Crippen molar-refractivity contribution in [1.29, 1.82) is 0 Å². The van der Waals surface area contributed by atoms with Crippen LogP contribution in [0.4, 0.5) is 0 Å². The molecule has 0 unspecified atom stereocenters. The van der Waals surface area contributed by atoms with E-state index in [1.165, 1.54) is 0 Å². The topological polar surface area (TPSA) is 12.9 Å². The van der Waals surface area contributed by atoms with E-state index in [-0.39, 0.29) is 0 Å². The summed E-state index contributed by atoms with van der Waals surface area (Å²) in [5.41, 5.74) is 1.00. The molecule has 0 spiro atoms. The average molecular weight is 478 g/mol. The summed E-state index contributed by atoms with van der Waals surface area (Å²) in [4.78, 5) is 3.78. The van der Waals surface area contributed by atoms with Gasteiger partial charge in [-0.3, -0.25) is 4.98 Å². The van der Waals surface area contributed by atoms with Crippen molar-refractivity contribution in [2.24, 2.45) is 22.7 Å². The Bertz CT molecular complexity index is 367. The summed E-state index contributed by atoms with van der Waals surface area (Å²) in [5, 5.41) is 0. The van der Waals surface area contributed by atoms with Crippen LogP contribution in [0.5, 0.6) is 0 Å². The zero-order chi connectivity index (χ0) is 28.6. The Hall–Kier alpha value is -1.63. The summed E-state index contributed by atoms with van der Waals surface area (Å²) < 4.78 is 0. The lowest BCUT2D eigenvalue weighted by Gasteiger charge is -2.05. The molecule has 0 aliphatic carbocycles. The Kier molecular flexibility index (Phi) is 48.4. The Morgan fingerprint density at radius 2 is 0.500 bits per heavy atom. The molecule has 204 valence electrons. The average Bonchev–Trinajstić information content (AvgIpc) is 2.71. The Labute approximate surface area is 219 Å². The summed E-state index contributed by atoms with van der Waals surface area (Å²) in [6.45, 7) is 38.5. The van der Waals surface area contributed by atoms with Crippen LogP contribution in [0.15, 0.2) is 67.0 Å².